The topological polar surface area (TPSA) is 44.1 Å². The summed E-state index contributed by atoms with van der Waals surface area (Å²) in [6, 6.07) is 7.81. The second-order valence-corrected chi connectivity index (χ2v) is 7.27. The Morgan fingerprint density at radius 3 is 2.45 bits per heavy atom. The maximum atomic E-state index is 12.1. The number of hydrogen-bond donors (Lipinski definition) is 0. The summed E-state index contributed by atoms with van der Waals surface area (Å²) >= 11 is 3.51. The number of aromatic nitrogens is 2. The lowest BCUT2D eigenvalue weighted by Crippen LogP contribution is -2.21. The van der Waals surface area contributed by atoms with Crippen molar-refractivity contribution >= 4 is 21.8 Å². The molecule has 0 aliphatic heterocycles. The highest BCUT2D eigenvalue weighted by Gasteiger charge is 2.16. The van der Waals surface area contributed by atoms with Crippen molar-refractivity contribution in [3.63, 3.8) is 0 Å². The van der Waals surface area contributed by atoms with Crippen molar-refractivity contribution in [2.75, 3.05) is 6.61 Å². The SMILES string of the molecule is Cc1cc(C)n(C(=O)COc2ccc(C(C)(C)C)cc2Br)n1. The van der Waals surface area contributed by atoms with Gasteiger partial charge < -0.3 is 4.74 Å². The summed E-state index contributed by atoms with van der Waals surface area (Å²) in [5, 5.41) is 4.17. The minimum absolute atomic E-state index is 0.0462. The Kier molecular flexibility index (Phi) is 4.75. The molecule has 0 spiro atoms. The first-order valence-electron chi connectivity index (χ1n) is 7.18. The zero-order chi connectivity index (χ0) is 16.5. The van der Waals surface area contributed by atoms with Gasteiger partial charge in [0, 0.05) is 5.69 Å². The van der Waals surface area contributed by atoms with Gasteiger partial charge in [0.1, 0.15) is 5.75 Å². The molecule has 0 aliphatic carbocycles. The molecule has 4 nitrogen and oxygen atoms in total. The average Bonchev–Trinajstić information content (AvgIpc) is 2.75. The Labute approximate surface area is 139 Å². The van der Waals surface area contributed by atoms with E-state index in [1.807, 2.05) is 38.1 Å². The third kappa shape index (κ3) is 3.77. The van der Waals surface area contributed by atoms with Crippen LogP contribution >= 0.6 is 15.9 Å². The number of nitrogens with zero attached hydrogens (tertiary/aromatic N) is 2. The molecule has 1 heterocycles. The number of benzene rings is 1. The highest BCUT2D eigenvalue weighted by Crippen LogP contribution is 2.31. The first-order chi connectivity index (χ1) is 10.2. The molecule has 0 fully saturated rings. The normalized spacial score (nSPS) is 11.5. The Hall–Kier alpha value is -1.62. The Bertz CT molecular complexity index is 699. The van der Waals surface area contributed by atoms with Crippen LogP contribution in [-0.2, 0) is 5.41 Å². The predicted molar refractivity (Wildman–Crippen MR) is 90.7 cm³/mol. The molecule has 2 rings (SSSR count). The van der Waals surface area contributed by atoms with Crippen molar-refractivity contribution in [2.24, 2.45) is 0 Å². The van der Waals surface area contributed by atoms with Crippen molar-refractivity contribution < 1.29 is 9.53 Å². The highest BCUT2D eigenvalue weighted by atomic mass is 79.9. The number of aryl methyl sites for hydroxylation is 2. The van der Waals surface area contributed by atoms with Crippen LogP contribution in [0.25, 0.3) is 0 Å². The number of carbonyl (C=O) groups excluding carboxylic acids is 1. The van der Waals surface area contributed by atoms with Crippen molar-refractivity contribution in [3.05, 3.63) is 45.7 Å². The van der Waals surface area contributed by atoms with Gasteiger partial charge in [-0.2, -0.15) is 5.10 Å². The summed E-state index contributed by atoms with van der Waals surface area (Å²) < 4.78 is 7.86. The lowest BCUT2D eigenvalue weighted by Gasteiger charge is -2.20. The van der Waals surface area contributed by atoms with Gasteiger partial charge in [0.2, 0.25) is 0 Å². The summed E-state index contributed by atoms with van der Waals surface area (Å²) in [6.45, 7) is 10.1. The van der Waals surface area contributed by atoms with Gasteiger partial charge in [0.15, 0.2) is 6.61 Å². The van der Waals surface area contributed by atoms with Crippen LogP contribution in [0.2, 0.25) is 0 Å². The van der Waals surface area contributed by atoms with Crippen LogP contribution in [0, 0.1) is 13.8 Å². The smallest absolute Gasteiger partial charge is 0.284 e. The van der Waals surface area contributed by atoms with Gasteiger partial charge in [-0.25, -0.2) is 4.68 Å². The zero-order valence-electron chi connectivity index (χ0n) is 13.6. The summed E-state index contributed by atoms with van der Waals surface area (Å²) in [5.74, 6) is 0.472. The maximum Gasteiger partial charge on any atom is 0.284 e. The molecule has 0 unspecified atom stereocenters. The van der Waals surface area contributed by atoms with Crippen molar-refractivity contribution in [2.45, 2.75) is 40.0 Å². The molecule has 0 saturated carbocycles. The fourth-order valence-corrected chi connectivity index (χ4v) is 2.66. The van der Waals surface area contributed by atoms with Crippen LogP contribution in [0.3, 0.4) is 0 Å². The quantitative estimate of drug-likeness (QED) is 0.816. The standard InChI is InChI=1S/C17H21BrN2O2/c1-11-8-12(2)20(19-11)16(21)10-22-15-7-6-13(9-14(15)18)17(3,4)5/h6-9H,10H2,1-5H3. The van der Waals surface area contributed by atoms with Crippen molar-refractivity contribution in [1.82, 2.24) is 9.78 Å². The molecule has 5 heteroatoms. The highest BCUT2D eigenvalue weighted by molar-refractivity contribution is 9.10. The van der Waals surface area contributed by atoms with Gasteiger partial charge in [-0.05, 0) is 59.0 Å². The Morgan fingerprint density at radius 1 is 1.27 bits per heavy atom. The van der Waals surface area contributed by atoms with E-state index in [0.717, 1.165) is 15.9 Å². The number of halogens is 1. The lowest BCUT2D eigenvalue weighted by atomic mass is 9.87. The molecule has 22 heavy (non-hydrogen) atoms. The van der Waals surface area contributed by atoms with E-state index >= 15 is 0 Å². The van der Waals surface area contributed by atoms with Crippen LogP contribution in [-0.4, -0.2) is 22.3 Å². The second kappa shape index (κ2) is 6.24. The van der Waals surface area contributed by atoms with Gasteiger partial charge in [0.25, 0.3) is 5.91 Å². The molecule has 118 valence electrons. The molecule has 0 amide bonds. The third-order valence-electron chi connectivity index (χ3n) is 3.39. The number of hydrogen-bond acceptors (Lipinski definition) is 3. The molecule has 0 N–H and O–H groups in total. The molecule has 0 saturated heterocycles. The van der Waals surface area contributed by atoms with Crippen LogP contribution in [0.4, 0.5) is 0 Å². The molecular weight excluding hydrogens is 344 g/mol. The lowest BCUT2D eigenvalue weighted by molar-refractivity contribution is 0.0817. The van der Waals surface area contributed by atoms with E-state index < -0.39 is 0 Å². The van der Waals surface area contributed by atoms with E-state index in [0.29, 0.717) is 5.75 Å². The zero-order valence-corrected chi connectivity index (χ0v) is 15.2. The molecule has 1 aromatic carbocycles. The predicted octanol–water partition coefficient (Wildman–Crippen LogP) is 4.28. The number of carbonyl (C=O) groups is 1. The van der Waals surface area contributed by atoms with Crippen LogP contribution in [0.15, 0.2) is 28.7 Å². The minimum atomic E-state index is -0.183. The Morgan fingerprint density at radius 2 is 1.95 bits per heavy atom. The third-order valence-corrected chi connectivity index (χ3v) is 4.01. The van der Waals surface area contributed by atoms with E-state index in [9.17, 15) is 4.79 Å². The molecule has 1 aromatic heterocycles. The molecule has 0 atom stereocenters. The van der Waals surface area contributed by atoms with Crippen LogP contribution < -0.4 is 4.74 Å². The fraction of sp³-hybridized carbons (Fsp3) is 0.412. The summed E-state index contributed by atoms with van der Waals surface area (Å²) in [6.07, 6.45) is 0. The fourth-order valence-electron chi connectivity index (χ4n) is 2.17. The van der Waals surface area contributed by atoms with Gasteiger partial charge in [0.05, 0.1) is 10.2 Å². The van der Waals surface area contributed by atoms with E-state index in [1.165, 1.54) is 10.2 Å². The van der Waals surface area contributed by atoms with Gasteiger partial charge >= 0.3 is 0 Å². The van der Waals surface area contributed by atoms with Gasteiger partial charge in [-0.15, -0.1) is 0 Å². The maximum absolute atomic E-state index is 12.1. The second-order valence-electron chi connectivity index (χ2n) is 6.42. The van der Waals surface area contributed by atoms with E-state index in [1.54, 1.807) is 0 Å². The molecule has 0 bridgehead atoms. The number of ether oxygens (including phenoxy) is 1. The minimum Gasteiger partial charge on any atom is -0.483 e. The largest absolute Gasteiger partial charge is 0.483 e. The molecular formula is C17H21BrN2O2. The van der Waals surface area contributed by atoms with Gasteiger partial charge in [-0.3, -0.25) is 4.79 Å². The van der Waals surface area contributed by atoms with E-state index in [-0.39, 0.29) is 17.9 Å². The molecule has 2 aromatic rings. The summed E-state index contributed by atoms with van der Waals surface area (Å²) in [4.78, 5) is 12.1. The van der Waals surface area contributed by atoms with Crippen LogP contribution in [0.5, 0.6) is 5.75 Å². The Balaban J connectivity index is 2.09. The van der Waals surface area contributed by atoms with Crippen LogP contribution in [0.1, 0.15) is 42.5 Å². The summed E-state index contributed by atoms with van der Waals surface area (Å²) in [5.41, 5.74) is 2.91. The van der Waals surface area contributed by atoms with E-state index in [4.69, 9.17) is 4.74 Å². The first-order valence-corrected chi connectivity index (χ1v) is 7.97. The average molecular weight is 365 g/mol. The van der Waals surface area contributed by atoms with Crippen molar-refractivity contribution in [3.8, 4) is 5.75 Å². The molecule has 0 radical (unpaired) electrons. The van der Waals surface area contributed by atoms with E-state index in [2.05, 4.69) is 41.8 Å². The monoisotopic (exact) mass is 364 g/mol. The summed E-state index contributed by atoms with van der Waals surface area (Å²) in [7, 11) is 0. The van der Waals surface area contributed by atoms with Gasteiger partial charge in [-0.1, -0.05) is 26.8 Å². The molecule has 0 aliphatic rings. The number of rotatable bonds is 3. The first kappa shape index (κ1) is 16.7. The van der Waals surface area contributed by atoms with Crippen molar-refractivity contribution in [1.29, 1.82) is 0 Å².